The van der Waals surface area contributed by atoms with Gasteiger partial charge in [0.2, 0.25) is 0 Å². The molecule has 0 atom stereocenters. The number of pyridine rings is 2. The number of hydrogen-bond donors (Lipinski definition) is 4. The number of H-pyrrole nitrogens is 1. The number of imidazole rings is 1. The van der Waals surface area contributed by atoms with Gasteiger partial charge in [0.15, 0.2) is 0 Å². The molecule has 9 heteroatoms. The van der Waals surface area contributed by atoms with Crippen molar-refractivity contribution in [2.24, 2.45) is 0 Å². The first kappa shape index (κ1) is 31.3. The third-order valence-electron chi connectivity index (χ3n) is 7.25. The number of aromatic amines is 1. The molecule has 230 valence electrons. The normalized spacial score (nSPS) is 11.5. The summed E-state index contributed by atoms with van der Waals surface area (Å²) in [7, 11) is 0. The van der Waals surface area contributed by atoms with Gasteiger partial charge in [-0.25, -0.2) is 4.98 Å². The van der Waals surface area contributed by atoms with Gasteiger partial charge in [0.1, 0.15) is 11.6 Å². The van der Waals surface area contributed by atoms with Gasteiger partial charge in [-0.15, -0.1) is 0 Å². The average Bonchev–Trinajstić information content (AvgIpc) is 3.45. The third-order valence-corrected chi connectivity index (χ3v) is 7.25. The molecule has 0 saturated carbocycles. The highest BCUT2D eigenvalue weighted by molar-refractivity contribution is 5.76. The molecule has 3 aromatic heterocycles. The van der Waals surface area contributed by atoms with Crippen LogP contribution in [0, 0.1) is 0 Å². The minimum Gasteiger partial charge on any atom is -0.491 e. The fraction of sp³-hybridized carbons (Fsp3) is 0.343. The first-order valence-corrected chi connectivity index (χ1v) is 15.5. The minimum atomic E-state index is 0.141. The van der Waals surface area contributed by atoms with E-state index in [4.69, 9.17) is 9.72 Å². The van der Waals surface area contributed by atoms with Crippen LogP contribution in [0.25, 0.3) is 11.0 Å². The van der Waals surface area contributed by atoms with Crippen molar-refractivity contribution in [1.29, 1.82) is 0 Å². The van der Waals surface area contributed by atoms with Gasteiger partial charge in [0, 0.05) is 77.0 Å². The van der Waals surface area contributed by atoms with Crippen molar-refractivity contribution in [2.75, 3.05) is 26.2 Å². The first-order chi connectivity index (χ1) is 21.6. The molecule has 5 aromatic rings. The number of aromatic nitrogens is 4. The van der Waals surface area contributed by atoms with Gasteiger partial charge in [0.25, 0.3) is 0 Å². The van der Waals surface area contributed by atoms with Crippen molar-refractivity contribution >= 4 is 11.0 Å². The molecule has 0 radical (unpaired) electrons. The number of rotatable bonds is 18. The second-order valence-corrected chi connectivity index (χ2v) is 11.3. The Hall–Kier alpha value is -4.15. The van der Waals surface area contributed by atoms with Crippen molar-refractivity contribution < 1.29 is 4.74 Å². The second-order valence-electron chi connectivity index (χ2n) is 11.3. The molecule has 3 heterocycles. The van der Waals surface area contributed by atoms with Crippen molar-refractivity contribution in [2.45, 2.75) is 52.7 Å². The molecule has 9 nitrogen and oxygen atoms in total. The fourth-order valence-electron chi connectivity index (χ4n) is 5.01. The molecule has 0 amide bonds. The molecule has 0 aliphatic heterocycles. The van der Waals surface area contributed by atoms with Gasteiger partial charge in [0.05, 0.1) is 29.4 Å². The van der Waals surface area contributed by atoms with E-state index in [2.05, 4.69) is 78.3 Å². The number of fused-ring (bicyclic) bond motifs is 1. The van der Waals surface area contributed by atoms with Gasteiger partial charge >= 0.3 is 0 Å². The van der Waals surface area contributed by atoms with Gasteiger partial charge in [-0.1, -0.05) is 30.3 Å². The highest BCUT2D eigenvalue weighted by atomic mass is 16.5. The Morgan fingerprint density at radius 2 is 1.48 bits per heavy atom. The molecular weight excluding hydrogens is 548 g/mol. The Morgan fingerprint density at radius 1 is 0.750 bits per heavy atom. The quantitative estimate of drug-likeness (QED) is 0.108. The summed E-state index contributed by atoms with van der Waals surface area (Å²) in [5.41, 5.74) is 6.82. The molecule has 0 fully saturated rings. The van der Waals surface area contributed by atoms with E-state index in [1.54, 1.807) is 0 Å². The zero-order valence-electron chi connectivity index (χ0n) is 25.8. The maximum absolute atomic E-state index is 5.80. The smallest absolute Gasteiger partial charge is 0.121 e. The van der Waals surface area contributed by atoms with Gasteiger partial charge in [-0.2, -0.15) is 0 Å². The second kappa shape index (κ2) is 16.6. The Kier molecular flexibility index (Phi) is 11.8. The summed E-state index contributed by atoms with van der Waals surface area (Å²) in [6.45, 7) is 11.8. The molecule has 0 unspecified atom stereocenters. The number of nitrogens with zero attached hydrogens (tertiary/aromatic N) is 4. The number of benzene rings is 2. The Balaban J connectivity index is 1.09. The highest BCUT2D eigenvalue weighted by Crippen LogP contribution is 2.20. The number of nitrogens with one attached hydrogen (secondary N) is 4. The fourth-order valence-corrected chi connectivity index (χ4v) is 5.01. The summed E-state index contributed by atoms with van der Waals surface area (Å²) in [5.74, 6) is 1.77. The highest BCUT2D eigenvalue weighted by Gasteiger charge is 2.08. The predicted octanol–water partition coefficient (Wildman–Crippen LogP) is 4.81. The molecule has 0 spiro atoms. The molecule has 5 rings (SSSR count). The Morgan fingerprint density at radius 3 is 2.23 bits per heavy atom. The Bertz CT molecular complexity index is 1480. The van der Waals surface area contributed by atoms with E-state index in [-0.39, 0.29) is 6.10 Å². The lowest BCUT2D eigenvalue weighted by Crippen LogP contribution is -2.36. The number of ether oxygens (including phenoxy) is 1. The lowest BCUT2D eigenvalue weighted by molar-refractivity contribution is 0.242. The summed E-state index contributed by atoms with van der Waals surface area (Å²) in [4.78, 5) is 19.2. The van der Waals surface area contributed by atoms with Gasteiger partial charge < -0.3 is 25.7 Å². The summed E-state index contributed by atoms with van der Waals surface area (Å²) < 4.78 is 5.80. The van der Waals surface area contributed by atoms with E-state index in [9.17, 15) is 0 Å². The maximum atomic E-state index is 5.80. The van der Waals surface area contributed by atoms with E-state index < -0.39 is 0 Å². The molecule has 0 aliphatic carbocycles. The van der Waals surface area contributed by atoms with Crippen LogP contribution >= 0.6 is 0 Å². The molecule has 0 bridgehead atoms. The summed E-state index contributed by atoms with van der Waals surface area (Å²) >= 11 is 0. The minimum absolute atomic E-state index is 0.141. The maximum Gasteiger partial charge on any atom is 0.121 e. The predicted molar refractivity (Wildman–Crippen MR) is 176 cm³/mol. The van der Waals surface area contributed by atoms with Crippen LogP contribution in [0.5, 0.6) is 5.75 Å². The SMILES string of the molecule is CC(C)Oc1ccc2[nH]c(CNCc3ccc(CN(CCNCc4ccncc4)CCNCc4ccccn4)cc3)nc2c1. The largest absolute Gasteiger partial charge is 0.491 e. The van der Waals surface area contributed by atoms with Crippen molar-refractivity contribution in [1.82, 2.24) is 40.8 Å². The van der Waals surface area contributed by atoms with Crippen LogP contribution in [0.4, 0.5) is 0 Å². The van der Waals surface area contributed by atoms with Crippen LogP contribution < -0.4 is 20.7 Å². The topological polar surface area (TPSA) is 103 Å². The van der Waals surface area contributed by atoms with Crippen molar-refractivity contribution in [3.63, 3.8) is 0 Å². The summed E-state index contributed by atoms with van der Waals surface area (Å²) in [5, 5.41) is 10.6. The van der Waals surface area contributed by atoms with E-state index in [1.165, 1.54) is 16.7 Å². The first-order valence-electron chi connectivity index (χ1n) is 15.5. The Labute approximate surface area is 260 Å². The van der Waals surface area contributed by atoms with Gasteiger partial charge in [-0.3, -0.25) is 14.9 Å². The molecular formula is C35H44N8O. The lowest BCUT2D eigenvalue weighted by Gasteiger charge is -2.23. The molecule has 44 heavy (non-hydrogen) atoms. The zero-order chi connectivity index (χ0) is 30.4. The molecule has 0 saturated heterocycles. The van der Waals surface area contributed by atoms with Crippen LogP contribution in [0.3, 0.4) is 0 Å². The lowest BCUT2D eigenvalue weighted by atomic mass is 10.1. The monoisotopic (exact) mass is 592 g/mol. The van der Waals surface area contributed by atoms with Crippen LogP contribution in [-0.4, -0.2) is 57.1 Å². The van der Waals surface area contributed by atoms with Crippen molar-refractivity contribution in [3.8, 4) is 5.75 Å². The van der Waals surface area contributed by atoms with Crippen molar-refractivity contribution in [3.05, 3.63) is 120 Å². The van der Waals surface area contributed by atoms with Crippen LogP contribution in [0.15, 0.2) is 91.4 Å². The molecule has 4 N–H and O–H groups in total. The van der Waals surface area contributed by atoms with E-state index in [1.807, 2.05) is 62.8 Å². The van der Waals surface area contributed by atoms with Crippen LogP contribution in [-0.2, 0) is 32.7 Å². The van der Waals surface area contributed by atoms with E-state index in [0.29, 0.717) is 6.54 Å². The van der Waals surface area contributed by atoms with Crippen LogP contribution in [0.2, 0.25) is 0 Å². The van der Waals surface area contributed by atoms with E-state index in [0.717, 1.165) is 80.7 Å². The molecule has 0 aliphatic rings. The summed E-state index contributed by atoms with van der Waals surface area (Å²) in [6, 6.07) is 25.1. The van der Waals surface area contributed by atoms with E-state index >= 15 is 0 Å². The average molecular weight is 593 g/mol. The summed E-state index contributed by atoms with van der Waals surface area (Å²) in [6.07, 6.45) is 5.66. The number of hydrogen-bond acceptors (Lipinski definition) is 8. The van der Waals surface area contributed by atoms with Crippen LogP contribution in [0.1, 0.15) is 42.1 Å². The standard InChI is InChI=1S/C35H44N8O/c1-27(2)44-32-10-11-33-34(21-32)42-35(41-33)25-39-23-28-6-8-30(9-7-28)26-43(19-17-37-22-29-12-15-36-16-13-29)20-18-38-24-31-5-3-4-14-40-31/h3-16,21,27,37-39H,17-20,22-26H2,1-2H3,(H,41,42). The zero-order valence-corrected chi connectivity index (χ0v) is 25.8. The van der Waals surface area contributed by atoms with Gasteiger partial charge in [-0.05, 0) is 66.9 Å². The third kappa shape index (κ3) is 10.2. The molecule has 2 aromatic carbocycles.